The molecular formula is C18H38N2. The van der Waals surface area contributed by atoms with E-state index in [-0.39, 0.29) is 5.54 Å². The lowest BCUT2D eigenvalue weighted by Gasteiger charge is -2.33. The number of hydrogen-bond acceptors (Lipinski definition) is 2. The third kappa shape index (κ3) is 5.73. The highest BCUT2D eigenvalue weighted by atomic mass is 15.2. The van der Waals surface area contributed by atoms with Crippen molar-refractivity contribution in [3.8, 4) is 0 Å². The first-order valence-electron chi connectivity index (χ1n) is 8.65. The molecule has 1 heterocycles. The molecule has 0 amide bonds. The minimum absolute atomic E-state index is 0.272. The van der Waals surface area contributed by atoms with Gasteiger partial charge in [-0.15, -0.1) is 0 Å². The van der Waals surface area contributed by atoms with E-state index < -0.39 is 0 Å². The average Bonchev–Trinajstić information content (AvgIpc) is 2.61. The van der Waals surface area contributed by atoms with E-state index in [4.69, 9.17) is 0 Å². The Kier molecular flexibility index (Phi) is 6.53. The molecule has 120 valence electrons. The van der Waals surface area contributed by atoms with Gasteiger partial charge in [0, 0.05) is 18.1 Å². The first-order chi connectivity index (χ1) is 9.15. The van der Waals surface area contributed by atoms with Crippen LogP contribution in [0.3, 0.4) is 0 Å². The molecule has 2 heteroatoms. The Bertz CT molecular complexity index is 278. The maximum Gasteiger partial charge on any atom is 0.0192 e. The Labute approximate surface area is 127 Å². The van der Waals surface area contributed by atoms with Crippen LogP contribution in [0.25, 0.3) is 0 Å². The van der Waals surface area contributed by atoms with Crippen molar-refractivity contribution in [2.75, 3.05) is 19.6 Å². The summed E-state index contributed by atoms with van der Waals surface area (Å²) in [7, 11) is 0. The lowest BCUT2D eigenvalue weighted by molar-refractivity contribution is 0.179. The van der Waals surface area contributed by atoms with E-state index in [0.717, 1.165) is 12.5 Å². The second-order valence-electron chi connectivity index (χ2n) is 8.50. The van der Waals surface area contributed by atoms with Gasteiger partial charge in [-0.3, -0.25) is 4.90 Å². The van der Waals surface area contributed by atoms with Gasteiger partial charge in [0.1, 0.15) is 0 Å². The molecule has 1 saturated heterocycles. The number of hydrogen-bond donors (Lipinski definition) is 1. The number of nitrogens with zero attached hydrogens (tertiary/aromatic N) is 1. The molecule has 1 N–H and O–H groups in total. The summed E-state index contributed by atoms with van der Waals surface area (Å²) in [6.45, 7) is 20.1. The van der Waals surface area contributed by atoms with Crippen molar-refractivity contribution in [2.24, 2.45) is 11.3 Å². The fourth-order valence-corrected chi connectivity index (χ4v) is 3.10. The van der Waals surface area contributed by atoms with Gasteiger partial charge >= 0.3 is 0 Å². The smallest absolute Gasteiger partial charge is 0.0192 e. The van der Waals surface area contributed by atoms with E-state index >= 15 is 0 Å². The van der Waals surface area contributed by atoms with Crippen LogP contribution >= 0.6 is 0 Å². The molecule has 0 saturated carbocycles. The van der Waals surface area contributed by atoms with Crippen LogP contribution in [-0.4, -0.2) is 36.1 Å². The molecule has 0 aliphatic carbocycles. The fourth-order valence-electron chi connectivity index (χ4n) is 3.10. The summed E-state index contributed by atoms with van der Waals surface area (Å²) in [4.78, 5) is 2.70. The van der Waals surface area contributed by atoms with E-state index in [1.165, 1.54) is 38.8 Å². The summed E-state index contributed by atoms with van der Waals surface area (Å²) < 4.78 is 0. The highest BCUT2D eigenvalue weighted by Gasteiger charge is 2.28. The van der Waals surface area contributed by atoms with Gasteiger partial charge in [-0.25, -0.2) is 0 Å². The Morgan fingerprint density at radius 2 is 1.75 bits per heavy atom. The summed E-state index contributed by atoms with van der Waals surface area (Å²) in [5.41, 5.74) is 0.746. The van der Waals surface area contributed by atoms with Crippen molar-refractivity contribution in [3.05, 3.63) is 0 Å². The number of rotatable bonds is 5. The zero-order valence-corrected chi connectivity index (χ0v) is 15.1. The Hall–Kier alpha value is -0.0800. The molecule has 0 bridgehead atoms. The van der Waals surface area contributed by atoms with Crippen LogP contribution < -0.4 is 5.32 Å². The van der Waals surface area contributed by atoms with Crippen molar-refractivity contribution in [2.45, 2.75) is 85.7 Å². The van der Waals surface area contributed by atoms with Gasteiger partial charge in [-0.1, -0.05) is 27.7 Å². The van der Waals surface area contributed by atoms with E-state index in [1.54, 1.807) is 0 Å². The molecule has 0 aromatic rings. The SMILES string of the molecule is CCC(C)(C)NCC(C)N1CCCC(C(C)(C)C)CC1. The third-order valence-corrected chi connectivity index (χ3v) is 5.37. The number of likely N-dealkylation sites (tertiary alicyclic amines) is 1. The van der Waals surface area contributed by atoms with Gasteiger partial charge in [0.2, 0.25) is 0 Å². The average molecular weight is 283 g/mol. The second kappa shape index (κ2) is 7.26. The van der Waals surface area contributed by atoms with Crippen LogP contribution in [0.1, 0.15) is 74.1 Å². The van der Waals surface area contributed by atoms with Crippen LogP contribution in [0.4, 0.5) is 0 Å². The van der Waals surface area contributed by atoms with Crippen molar-refractivity contribution >= 4 is 0 Å². The van der Waals surface area contributed by atoms with Gasteiger partial charge in [0.25, 0.3) is 0 Å². The normalized spacial score (nSPS) is 24.4. The molecule has 2 nitrogen and oxygen atoms in total. The zero-order chi connectivity index (χ0) is 15.4. The van der Waals surface area contributed by atoms with Crippen LogP contribution in [0, 0.1) is 11.3 Å². The largest absolute Gasteiger partial charge is 0.310 e. The lowest BCUT2D eigenvalue weighted by Crippen LogP contribution is -2.47. The van der Waals surface area contributed by atoms with Gasteiger partial charge < -0.3 is 5.32 Å². The number of nitrogens with one attached hydrogen (secondary N) is 1. The van der Waals surface area contributed by atoms with E-state index in [2.05, 4.69) is 58.7 Å². The first kappa shape index (κ1) is 18.0. The molecule has 0 aromatic carbocycles. The first-order valence-corrected chi connectivity index (χ1v) is 8.65. The Morgan fingerprint density at radius 3 is 2.30 bits per heavy atom. The van der Waals surface area contributed by atoms with Crippen molar-refractivity contribution in [1.29, 1.82) is 0 Å². The summed E-state index contributed by atoms with van der Waals surface area (Å²) >= 11 is 0. The summed E-state index contributed by atoms with van der Waals surface area (Å²) in [5.74, 6) is 0.889. The monoisotopic (exact) mass is 282 g/mol. The van der Waals surface area contributed by atoms with Crippen molar-refractivity contribution in [3.63, 3.8) is 0 Å². The lowest BCUT2D eigenvalue weighted by atomic mass is 9.77. The maximum atomic E-state index is 3.73. The van der Waals surface area contributed by atoms with Crippen molar-refractivity contribution in [1.82, 2.24) is 10.2 Å². The van der Waals surface area contributed by atoms with Crippen LogP contribution in [0.2, 0.25) is 0 Å². The van der Waals surface area contributed by atoms with Gasteiger partial charge in [0.15, 0.2) is 0 Å². The Morgan fingerprint density at radius 1 is 1.10 bits per heavy atom. The molecule has 2 unspecified atom stereocenters. The van der Waals surface area contributed by atoms with Crippen LogP contribution in [-0.2, 0) is 0 Å². The van der Waals surface area contributed by atoms with Crippen LogP contribution in [0.5, 0.6) is 0 Å². The minimum Gasteiger partial charge on any atom is -0.310 e. The molecule has 20 heavy (non-hydrogen) atoms. The standard InChI is InChI=1S/C18H38N2/c1-8-18(6,7)19-14-15(2)20-12-9-10-16(11-13-20)17(3,4)5/h15-16,19H,8-14H2,1-7H3. The van der Waals surface area contributed by atoms with E-state index in [9.17, 15) is 0 Å². The van der Waals surface area contributed by atoms with Gasteiger partial charge in [0.05, 0.1) is 0 Å². The predicted octanol–water partition coefficient (Wildman–Crippen LogP) is 4.30. The molecule has 1 aliphatic rings. The summed E-state index contributed by atoms with van der Waals surface area (Å²) in [6, 6.07) is 0.652. The molecule has 1 rings (SSSR count). The molecule has 1 aliphatic heterocycles. The molecule has 2 atom stereocenters. The highest BCUT2D eigenvalue weighted by molar-refractivity contribution is 4.83. The highest BCUT2D eigenvalue weighted by Crippen LogP contribution is 2.34. The van der Waals surface area contributed by atoms with Gasteiger partial charge in [-0.05, 0) is 70.9 Å². The second-order valence-corrected chi connectivity index (χ2v) is 8.50. The topological polar surface area (TPSA) is 15.3 Å². The summed E-state index contributed by atoms with van der Waals surface area (Å²) in [6.07, 6.45) is 5.32. The fraction of sp³-hybridized carbons (Fsp3) is 1.00. The third-order valence-electron chi connectivity index (χ3n) is 5.37. The molecule has 0 spiro atoms. The van der Waals surface area contributed by atoms with Crippen molar-refractivity contribution < 1.29 is 0 Å². The van der Waals surface area contributed by atoms with Crippen LogP contribution in [0.15, 0.2) is 0 Å². The quantitative estimate of drug-likeness (QED) is 0.808. The molecule has 0 aromatic heterocycles. The van der Waals surface area contributed by atoms with E-state index in [1.807, 2.05) is 0 Å². The van der Waals surface area contributed by atoms with E-state index in [0.29, 0.717) is 11.5 Å². The predicted molar refractivity (Wildman–Crippen MR) is 90.2 cm³/mol. The van der Waals surface area contributed by atoms with Gasteiger partial charge in [-0.2, -0.15) is 0 Å². The molecule has 0 radical (unpaired) electrons. The minimum atomic E-state index is 0.272. The molecule has 1 fully saturated rings. The Balaban J connectivity index is 2.44. The zero-order valence-electron chi connectivity index (χ0n) is 15.1. The molecular weight excluding hydrogens is 244 g/mol. The maximum absolute atomic E-state index is 3.73. The summed E-state index contributed by atoms with van der Waals surface area (Å²) in [5, 5.41) is 3.73.